The van der Waals surface area contributed by atoms with E-state index in [0.717, 1.165) is 136 Å². The smallest absolute Gasteiger partial charge is 0.237 e. The molecule has 5 saturated heterocycles. The second kappa shape index (κ2) is 19.3. The number of piperidine rings is 5. The summed E-state index contributed by atoms with van der Waals surface area (Å²) in [6.45, 7) is 10.5. The van der Waals surface area contributed by atoms with Gasteiger partial charge in [0.25, 0.3) is 0 Å². The van der Waals surface area contributed by atoms with Crippen LogP contribution in [-0.4, -0.2) is 139 Å². The number of hydrogen-bond donors (Lipinski definition) is 2. The highest BCUT2D eigenvalue weighted by atomic mass is 16.2. The maximum Gasteiger partial charge on any atom is 0.237 e. The number of likely N-dealkylation sites (tertiary alicyclic amines) is 3. The lowest BCUT2D eigenvalue weighted by Crippen LogP contribution is -2.57. The van der Waals surface area contributed by atoms with Crippen molar-refractivity contribution in [2.75, 3.05) is 62.6 Å². The maximum absolute atomic E-state index is 15.3. The molecule has 2 N–H and O–H groups in total. The lowest BCUT2D eigenvalue weighted by molar-refractivity contribution is -0.148. The second-order valence-electron chi connectivity index (χ2n) is 23.1. The number of carbonyl (C=O) groups is 5. The summed E-state index contributed by atoms with van der Waals surface area (Å²) in [5.74, 6) is 1.50. The molecule has 0 radical (unpaired) electrons. The van der Waals surface area contributed by atoms with Gasteiger partial charge in [-0.2, -0.15) is 0 Å². The molecule has 16 nitrogen and oxygen atoms in total. The first kappa shape index (κ1) is 47.4. The number of hydrogen-bond acceptors (Lipinski definition) is 11. The Morgan fingerprint density at radius 2 is 1.62 bits per heavy atom. The number of imidazole rings is 1. The number of anilines is 2. The van der Waals surface area contributed by atoms with Gasteiger partial charge in [-0.1, -0.05) is 12.5 Å². The Kier molecular flexibility index (Phi) is 12.7. The van der Waals surface area contributed by atoms with Gasteiger partial charge in [0.05, 0.1) is 34.8 Å². The summed E-state index contributed by atoms with van der Waals surface area (Å²) in [7, 11) is 0. The monoisotopic (exact) mass is 980 g/mol. The molecule has 6 aliphatic heterocycles. The highest BCUT2D eigenvalue weighted by Crippen LogP contribution is 2.55. The molecular weight excluding hydrogens is 907 g/mol. The maximum atomic E-state index is 15.3. The molecule has 9 heterocycles. The molecule has 1 spiro atoms. The normalized spacial score (nSPS) is 27.4. The summed E-state index contributed by atoms with van der Waals surface area (Å²) in [6.07, 6.45) is 21.7. The number of nitrogens with zero attached hydrogens (tertiary/aromatic N) is 9. The van der Waals surface area contributed by atoms with E-state index in [1.807, 2.05) is 28.3 Å². The van der Waals surface area contributed by atoms with Crippen LogP contribution >= 0.6 is 0 Å². The van der Waals surface area contributed by atoms with Crippen LogP contribution in [0.1, 0.15) is 153 Å². The third kappa shape index (κ3) is 8.90. The zero-order chi connectivity index (χ0) is 49.3. The lowest BCUT2D eigenvalue weighted by atomic mass is 9.70. The van der Waals surface area contributed by atoms with Crippen LogP contribution in [0.15, 0.2) is 48.1 Å². The molecule has 3 aromatic heterocycles. The van der Waals surface area contributed by atoms with Crippen LogP contribution in [0.3, 0.4) is 0 Å². The van der Waals surface area contributed by atoms with Crippen LogP contribution in [-0.2, 0) is 24.0 Å². The number of nitrogens with one attached hydrogen (secondary N) is 2. The molecule has 382 valence electrons. The highest BCUT2D eigenvalue weighted by molar-refractivity contribution is 6.01. The average molecular weight is 980 g/mol. The van der Waals surface area contributed by atoms with Gasteiger partial charge >= 0.3 is 0 Å². The molecule has 2 saturated carbocycles. The Labute approximate surface area is 423 Å². The summed E-state index contributed by atoms with van der Waals surface area (Å²) >= 11 is 0. The van der Waals surface area contributed by atoms with E-state index >= 15 is 4.79 Å². The van der Waals surface area contributed by atoms with E-state index in [-0.39, 0.29) is 59.4 Å². The van der Waals surface area contributed by atoms with Crippen molar-refractivity contribution in [1.29, 1.82) is 0 Å². The molecule has 1 unspecified atom stereocenters. The van der Waals surface area contributed by atoms with Crippen molar-refractivity contribution in [2.24, 2.45) is 17.3 Å². The number of fused-ring (bicyclic) bond motifs is 2. The van der Waals surface area contributed by atoms with Crippen molar-refractivity contribution in [3.63, 3.8) is 0 Å². The highest BCUT2D eigenvalue weighted by Gasteiger charge is 2.57. The number of allylic oxidation sites excluding steroid dienone is 2. The van der Waals surface area contributed by atoms with E-state index in [2.05, 4.69) is 60.9 Å². The second-order valence-corrected chi connectivity index (χ2v) is 23.1. The van der Waals surface area contributed by atoms with Gasteiger partial charge in [-0.15, -0.1) is 0 Å². The fourth-order valence-corrected chi connectivity index (χ4v) is 13.8. The average Bonchev–Trinajstić information content (AvgIpc) is 4.05. The van der Waals surface area contributed by atoms with Crippen LogP contribution in [0.5, 0.6) is 0 Å². The molecule has 16 heteroatoms. The quantitative estimate of drug-likeness (QED) is 0.191. The molecule has 0 bridgehead atoms. The molecule has 2 atom stereocenters. The SMILES string of the molecule is CC(C)n1cnc2cc(C3=CC4=C(CC3)C3(CCN(C(=O)[C@@H]5CCCN(C(=O)CC6CCN(c7ccc(C8CCC(=O)NC8=O)cn7)CC6)C5)CC3)C(=O)N4C3CC(N4CCCCC4)C3)nc(NC3CC3)c21. The Bertz CT molecular complexity index is 2680. The van der Waals surface area contributed by atoms with Crippen LogP contribution in [0.4, 0.5) is 11.6 Å². The van der Waals surface area contributed by atoms with E-state index < -0.39 is 5.41 Å². The van der Waals surface area contributed by atoms with Crippen LogP contribution in [0, 0.1) is 17.3 Å². The Balaban J connectivity index is 0.699. The summed E-state index contributed by atoms with van der Waals surface area (Å²) in [5, 5.41) is 6.16. The third-order valence-electron chi connectivity index (χ3n) is 18.3. The molecular formula is C56H73N11O5. The molecule has 7 fully saturated rings. The minimum absolute atomic E-state index is 0.134. The topological polar surface area (TPSA) is 169 Å². The Morgan fingerprint density at radius 1 is 0.833 bits per heavy atom. The van der Waals surface area contributed by atoms with Gasteiger partial charge < -0.3 is 34.4 Å². The fraction of sp³-hybridized carbons (Fsp3) is 0.643. The van der Waals surface area contributed by atoms with E-state index in [1.165, 1.54) is 24.8 Å². The molecule has 72 heavy (non-hydrogen) atoms. The summed E-state index contributed by atoms with van der Waals surface area (Å²) in [5.41, 5.74) is 6.70. The number of imide groups is 1. The molecule has 3 aromatic rings. The van der Waals surface area contributed by atoms with Gasteiger partial charge in [-0.3, -0.25) is 29.3 Å². The van der Waals surface area contributed by atoms with E-state index in [9.17, 15) is 19.2 Å². The van der Waals surface area contributed by atoms with Crippen molar-refractivity contribution in [1.82, 2.24) is 44.4 Å². The predicted octanol–water partition coefficient (Wildman–Crippen LogP) is 6.95. The zero-order valence-electron chi connectivity index (χ0n) is 42.5. The number of carbonyl (C=O) groups excluding carboxylic acids is 5. The van der Waals surface area contributed by atoms with Gasteiger partial charge in [0, 0.05) is 88.2 Å². The van der Waals surface area contributed by atoms with Gasteiger partial charge in [-0.25, -0.2) is 15.0 Å². The number of amides is 5. The van der Waals surface area contributed by atoms with Gasteiger partial charge in [0.2, 0.25) is 29.5 Å². The van der Waals surface area contributed by atoms with Gasteiger partial charge in [0.15, 0.2) is 5.82 Å². The van der Waals surface area contributed by atoms with Crippen molar-refractivity contribution in [3.05, 3.63) is 59.3 Å². The van der Waals surface area contributed by atoms with Gasteiger partial charge in [0.1, 0.15) is 11.3 Å². The van der Waals surface area contributed by atoms with Crippen LogP contribution < -0.4 is 15.5 Å². The molecule has 9 aliphatic rings. The summed E-state index contributed by atoms with van der Waals surface area (Å²) < 4.78 is 2.21. The number of aromatic nitrogens is 4. The standard InChI is InChI=1S/C56H73N11O5/c1-35(2)66-34-58-46-31-45(60-52(51(46)66)59-40-10-11-40)37-8-13-44-47(28-37)67(42-29-41(30-42)62-20-4-3-5-21-62)55(72)56(44)18-25-64(26-19-56)54(71)39-7-6-22-65(33-39)50(69)27-36-16-23-63(24-17-36)48-14-9-38(32-57-48)43-12-15-49(68)61-53(43)70/h9,14,28,31-32,34-36,39-43H,3-8,10-13,15-27,29-30,33H2,1-2H3,(H,59,60)(H,61,68,70)/t39-,41?,42?,43?/m1/s1. The zero-order valence-corrected chi connectivity index (χ0v) is 42.5. The minimum atomic E-state index is -0.601. The summed E-state index contributed by atoms with van der Waals surface area (Å²) in [4.78, 5) is 93.6. The molecule has 5 amide bonds. The van der Waals surface area contributed by atoms with Crippen molar-refractivity contribution >= 4 is 57.8 Å². The van der Waals surface area contributed by atoms with Crippen molar-refractivity contribution in [2.45, 2.75) is 160 Å². The first-order valence-electron chi connectivity index (χ1n) is 27.8. The lowest BCUT2D eigenvalue weighted by Gasteiger charge is -2.49. The Hall–Kier alpha value is -5.64. The predicted molar refractivity (Wildman–Crippen MR) is 274 cm³/mol. The minimum Gasteiger partial charge on any atom is -0.366 e. The number of pyridine rings is 2. The van der Waals surface area contributed by atoms with Gasteiger partial charge in [-0.05, 0) is 164 Å². The third-order valence-corrected chi connectivity index (χ3v) is 18.3. The Morgan fingerprint density at radius 3 is 2.35 bits per heavy atom. The first-order chi connectivity index (χ1) is 35.0. The first-order valence-corrected chi connectivity index (χ1v) is 27.8. The number of rotatable bonds is 11. The summed E-state index contributed by atoms with van der Waals surface area (Å²) in [6, 6.07) is 7.47. The van der Waals surface area contributed by atoms with Crippen molar-refractivity contribution < 1.29 is 24.0 Å². The molecule has 0 aromatic carbocycles. The van der Waals surface area contributed by atoms with Crippen LogP contribution in [0.2, 0.25) is 0 Å². The largest absolute Gasteiger partial charge is 0.366 e. The van der Waals surface area contributed by atoms with E-state index in [1.54, 1.807) is 6.20 Å². The molecule has 12 rings (SSSR count). The van der Waals surface area contributed by atoms with E-state index in [4.69, 9.17) is 9.97 Å². The van der Waals surface area contributed by atoms with Crippen LogP contribution in [0.25, 0.3) is 16.6 Å². The fourth-order valence-electron chi connectivity index (χ4n) is 13.8. The van der Waals surface area contributed by atoms with Crippen molar-refractivity contribution in [3.8, 4) is 0 Å². The van der Waals surface area contributed by atoms with E-state index in [0.29, 0.717) is 70.4 Å². The molecule has 3 aliphatic carbocycles.